The average Bonchev–Trinajstić information content (AvgIpc) is 2.73. The normalized spacial score (nSPS) is 21.4. The molecule has 5 amide bonds. The first-order valence-corrected chi connectivity index (χ1v) is 9.41. The fourth-order valence-corrected chi connectivity index (χ4v) is 2.73. The van der Waals surface area contributed by atoms with Crippen LogP contribution in [0, 0.1) is 0 Å². The van der Waals surface area contributed by atoms with E-state index in [1.165, 1.54) is 0 Å². The number of hydrogen-bond donors (Lipinski definition) is 6. The maximum absolute atomic E-state index is 12.8. The minimum Gasteiger partial charge on any atom is -0.481 e. The molecule has 166 valence electrons. The zero-order valence-electron chi connectivity index (χ0n) is 16.5. The summed E-state index contributed by atoms with van der Waals surface area (Å²) in [6, 6.07) is 6.11. The second-order valence-electron chi connectivity index (χ2n) is 6.74. The van der Waals surface area contributed by atoms with Crippen molar-refractivity contribution < 1.29 is 33.9 Å². The molecular weight excluding hydrogens is 410 g/mol. The van der Waals surface area contributed by atoms with Crippen LogP contribution in [0.4, 0.5) is 0 Å². The minimum absolute atomic E-state index is 0.0633. The number of hydrogen-bond acceptors (Lipinski definition) is 6. The Bertz CT molecular complexity index is 858. The van der Waals surface area contributed by atoms with E-state index in [0.29, 0.717) is 5.56 Å². The second-order valence-corrected chi connectivity index (χ2v) is 6.74. The average molecular weight is 433 g/mol. The summed E-state index contributed by atoms with van der Waals surface area (Å²) in [5.74, 6) is -5.05. The number of carbonyl (C=O) groups excluding carboxylic acids is 5. The summed E-state index contributed by atoms with van der Waals surface area (Å²) in [4.78, 5) is 72.0. The van der Waals surface area contributed by atoms with E-state index in [1.54, 1.807) is 30.3 Å². The third kappa shape index (κ3) is 8.12. The van der Waals surface area contributed by atoms with Crippen LogP contribution in [0.2, 0.25) is 0 Å². The van der Waals surface area contributed by atoms with Gasteiger partial charge >= 0.3 is 5.97 Å². The highest BCUT2D eigenvalue weighted by atomic mass is 16.4. The van der Waals surface area contributed by atoms with E-state index in [9.17, 15) is 28.8 Å². The number of benzene rings is 1. The number of aliphatic carboxylic acids is 1. The molecule has 2 unspecified atom stereocenters. The molecule has 31 heavy (non-hydrogen) atoms. The number of amides is 5. The standard InChI is InChI=1S/C19H23N5O7/c25-14-8-20-15(26)9-22-18(30)13(7-17(28)29)24-19(31)12(23-16(27)10-21-14)6-11-4-2-1-3-5-11/h1-5,12-13H,6-10H2,(H,20,26)(H,21,25)(H,22,30)(H,23,27)(H,24,31)(H,28,29). The third-order valence-corrected chi connectivity index (χ3v) is 4.26. The van der Waals surface area contributed by atoms with Crippen LogP contribution in [-0.4, -0.2) is 72.3 Å². The predicted octanol–water partition coefficient (Wildman–Crippen LogP) is -2.96. The van der Waals surface area contributed by atoms with Crippen LogP contribution < -0.4 is 26.6 Å². The first-order valence-electron chi connectivity index (χ1n) is 9.41. The molecular formula is C19H23N5O7. The summed E-state index contributed by atoms with van der Waals surface area (Å²) in [5, 5.41) is 20.6. The van der Waals surface area contributed by atoms with Crippen molar-refractivity contribution >= 4 is 35.5 Å². The fourth-order valence-electron chi connectivity index (χ4n) is 2.73. The lowest BCUT2D eigenvalue weighted by Gasteiger charge is -2.22. The molecule has 0 radical (unpaired) electrons. The van der Waals surface area contributed by atoms with E-state index in [2.05, 4.69) is 26.6 Å². The number of carboxylic acid groups (broad SMARTS) is 1. The van der Waals surface area contributed by atoms with Gasteiger partial charge in [-0.1, -0.05) is 30.3 Å². The van der Waals surface area contributed by atoms with Crippen LogP contribution in [0.1, 0.15) is 12.0 Å². The molecule has 0 saturated carbocycles. The highest BCUT2D eigenvalue weighted by Gasteiger charge is 2.29. The van der Waals surface area contributed by atoms with Gasteiger partial charge in [-0.2, -0.15) is 0 Å². The summed E-state index contributed by atoms with van der Waals surface area (Å²) >= 11 is 0. The Morgan fingerprint density at radius 2 is 1.35 bits per heavy atom. The van der Waals surface area contributed by atoms with Crippen molar-refractivity contribution in [1.82, 2.24) is 26.6 Å². The topological polar surface area (TPSA) is 183 Å². The van der Waals surface area contributed by atoms with Crippen LogP contribution in [0.5, 0.6) is 0 Å². The van der Waals surface area contributed by atoms with Gasteiger partial charge in [0, 0.05) is 6.42 Å². The summed E-state index contributed by atoms with van der Waals surface area (Å²) in [7, 11) is 0. The molecule has 1 fully saturated rings. The maximum Gasteiger partial charge on any atom is 0.305 e. The SMILES string of the molecule is O=C(O)CC1NC(=O)C(Cc2ccccc2)NC(=O)CNC(=O)CNC(=O)CNC1=O. The van der Waals surface area contributed by atoms with Gasteiger partial charge in [-0.05, 0) is 5.56 Å². The zero-order valence-corrected chi connectivity index (χ0v) is 16.5. The van der Waals surface area contributed by atoms with Crippen LogP contribution in [0.3, 0.4) is 0 Å². The molecule has 2 rings (SSSR count). The second kappa shape index (κ2) is 11.3. The third-order valence-electron chi connectivity index (χ3n) is 4.26. The Morgan fingerprint density at radius 1 is 0.774 bits per heavy atom. The molecule has 1 aliphatic heterocycles. The van der Waals surface area contributed by atoms with Gasteiger partial charge in [-0.25, -0.2) is 0 Å². The maximum atomic E-state index is 12.8. The van der Waals surface area contributed by atoms with Gasteiger partial charge in [0.2, 0.25) is 29.5 Å². The molecule has 1 aromatic carbocycles. The fraction of sp³-hybridized carbons (Fsp3) is 0.368. The molecule has 1 saturated heterocycles. The van der Waals surface area contributed by atoms with Gasteiger partial charge in [0.1, 0.15) is 12.1 Å². The monoisotopic (exact) mass is 433 g/mol. The Balaban J connectivity index is 2.25. The van der Waals surface area contributed by atoms with E-state index in [-0.39, 0.29) is 6.42 Å². The Labute approximate surface area is 177 Å². The molecule has 0 spiro atoms. The molecule has 6 N–H and O–H groups in total. The number of carbonyl (C=O) groups is 6. The predicted molar refractivity (Wildman–Crippen MR) is 105 cm³/mol. The van der Waals surface area contributed by atoms with Crippen molar-refractivity contribution in [2.45, 2.75) is 24.9 Å². The summed E-state index contributed by atoms with van der Waals surface area (Å²) < 4.78 is 0. The summed E-state index contributed by atoms with van der Waals surface area (Å²) in [6.45, 7) is -1.39. The van der Waals surface area contributed by atoms with Crippen molar-refractivity contribution in [1.29, 1.82) is 0 Å². The van der Waals surface area contributed by atoms with Crippen LogP contribution in [-0.2, 0) is 35.2 Å². The van der Waals surface area contributed by atoms with Crippen molar-refractivity contribution in [2.24, 2.45) is 0 Å². The number of nitrogens with one attached hydrogen (secondary N) is 5. The number of carboxylic acids is 1. The van der Waals surface area contributed by atoms with Gasteiger partial charge < -0.3 is 31.7 Å². The van der Waals surface area contributed by atoms with Crippen molar-refractivity contribution in [2.75, 3.05) is 19.6 Å². The highest BCUT2D eigenvalue weighted by Crippen LogP contribution is 2.05. The molecule has 12 nitrogen and oxygen atoms in total. The first-order chi connectivity index (χ1) is 14.7. The van der Waals surface area contributed by atoms with E-state index in [0.717, 1.165) is 0 Å². The smallest absolute Gasteiger partial charge is 0.305 e. The van der Waals surface area contributed by atoms with Gasteiger partial charge in [0.05, 0.1) is 26.1 Å². The summed E-state index contributed by atoms with van der Waals surface area (Å²) in [5.41, 5.74) is 0.707. The largest absolute Gasteiger partial charge is 0.481 e. The molecule has 0 aromatic heterocycles. The Kier molecular flexibility index (Phi) is 8.49. The quantitative estimate of drug-likeness (QED) is 0.293. The lowest BCUT2D eigenvalue weighted by molar-refractivity contribution is -0.141. The number of rotatable bonds is 4. The molecule has 1 aliphatic rings. The molecule has 0 bridgehead atoms. The van der Waals surface area contributed by atoms with Gasteiger partial charge in [0.15, 0.2) is 0 Å². The van der Waals surface area contributed by atoms with Crippen LogP contribution in [0.15, 0.2) is 30.3 Å². The highest BCUT2D eigenvalue weighted by molar-refractivity contribution is 5.96. The minimum atomic E-state index is -1.47. The van der Waals surface area contributed by atoms with Gasteiger partial charge in [-0.15, -0.1) is 0 Å². The Hall–Kier alpha value is -3.96. The van der Waals surface area contributed by atoms with E-state index >= 15 is 0 Å². The zero-order chi connectivity index (χ0) is 22.8. The Morgan fingerprint density at radius 3 is 1.97 bits per heavy atom. The van der Waals surface area contributed by atoms with Crippen LogP contribution in [0.25, 0.3) is 0 Å². The lowest BCUT2D eigenvalue weighted by Crippen LogP contribution is -2.56. The van der Waals surface area contributed by atoms with Crippen LogP contribution >= 0.6 is 0 Å². The van der Waals surface area contributed by atoms with Gasteiger partial charge in [-0.3, -0.25) is 28.8 Å². The van der Waals surface area contributed by atoms with E-state index in [1.807, 2.05) is 0 Å². The van der Waals surface area contributed by atoms with E-state index < -0.39 is 73.6 Å². The molecule has 12 heteroatoms. The van der Waals surface area contributed by atoms with Gasteiger partial charge in [0.25, 0.3) is 0 Å². The molecule has 2 atom stereocenters. The molecule has 0 aliphatic carbocycles. The van der Waals surface area contributed by atoms with Crippen molar-refractivity contribution in [3.05, 3.63) is 35.9 Å². The van der Waals surface area contributed by atoms with Crippen molar-refractivity contribution in [3.63, 3.8) is 0 Å². The lowest BCUT2D eigenvalue weighted by atomic mass is 10.0. The van der Waals surface area contributed by atoms with Crippen molar-refractivity contribution in [3.8, 4) is 0 Å². The first kappa shape index (κ1) is 23.3. The summed E-state index contributed by atoms with van der Waals surface area (Å²) in [6.07, 6.45) is -0.668. The van der Waals surface area contributed by atoms with E-state index in [4.69, 9.17) is 5.11 Å². The molecule has 1 heterocycles. The molecule has 1 aromatic rings.